The summed E-state index contributed by atoms with van der Waals surface area (Å²) in [5.41, 5.74) is 13.3. The van der Waals surface area contributed by atoms with Crippen LogP contribution in [-0.4, -0.2) is 4.57 Å². The van der Waals surface area contributed by atoms with Gasteiger partial charge in [-0.2, -0.15) is 0 Å². The third-order valence-corrected chi connectivity index (χ3v) is 11.4. The van der Waals surface area contributed by atoms with E-state index in [1.165, 1.54) is 98.6 Å². The SMILES string of the molecule is c1ccc(-c2ccc3c(c2)c2ccccc2n3-c2cccc(-c3cccc(-c4cccc(-c5ccc6c7ccccc7c7ccccc7c6c5)c4)c3)c2)cc1. The summed E-state index contributed by atoms with van der Waals surface area (Å²) in [5, 5.41) is 10.3. The Kier molecular flexibility index (Phi) is 7.25. The first kappa shape index (κ1) is 31.3. The van der Waals surface area contributed by atoms with Crippen molar-refractivity contribution >= 4 is 54.1 Å². The summed E-state index contributed by atoms with van der Waals surface area (Å²) in [5.74, 6) is 0. The minimum absolute atomic E-state index is 1.15. The molecule has 0 bridgehead atoms. The van der Waals surface area contributed by atoms with Crippen LogP contribution in [0.1, 0.15) is 0 Å². The fourth-order valence-electron chi connectivity index (χ4n) is 8.73. The van der Waals surface area contributed by atoms with Crippen LogP contribution in [0.25, 0.3) is 104 Å². The van der Waals surface area contributed by atoms with Crippen molar-refractivity contribution in [3.8, 4) is 50.2 Å². The van der Waals surface area contributed by atoms with Crippen LogP contribution < -0.4 is 0 Å². The van der Waals surface area contributed by atoms with Gasteiger partial charge in [-0.25, -0.2) is 0 Å². The van der Waals surface area contributed by atoms with Gasteiger partial charge in [0.1, 0.15) is 0 Å². The van der Waals surface area contributed by atoms with Gasteiger partial charge in [0.2, 0.25) is 0 Å². The Morgan fingerprint density at radius 2 is 0.600 bits per heavy atom. The van der Waals surface area contributed by atoms with Crippen LogP contribution in [0, 0.1) is 0 Å². The van der Waals surface area contributed by atoms with Crippen molar-refractivity contribution in [3.05, 3.63) is 212 Å². The summed E-state index contributed by atoms with van der Waals surface area (Å²) in [6, 6.07) is 77.7. The molecule has 1 nitrogen and oxygen atoms in total. The second-order valence-corrected chi connectivity index (χ2v) is 14.5. The predicted octanol–water partition coefficient (Wildman–Crippen LogP) is 14.9. The van der Waals surface area contributed by atoms with E-state index in [9.17, 15) is 0 Å². The topological polar surface area (TPSA) is 4.93 Å². The van der Waals surface area contributed by atoms with Crippen molar-refractivity contribution in [2.45, 2.75) is 0 Å². The summed E-state index contributed by atoms with van der Waals surface area (Å²) in [6.45, 7) is 0. The van der Waals surface area contributed by atoms with Gasteiger partial charge >= 0.3 is 0 Å². The number of benzene rings is 10. The number of hydrogen-bond donors (Lipinski definition) is 0. The van der Waals surface area contributed by atoms with Crippen molar-refractivity contribution in [2.24, 2.45) is 0 Å². The zero-order valence-corrected chi connectivity index (χ0v) is 30.2. The molecule has 1 heterocycles. The zero-order chi connectivity index (χ0) is 36.3. The molecule has 0 aliphatic carbocycles. The molecule has 10 aromatic carbocycles. The monoisotopic (exact) mass is 697 g/mol. The van der Waals surface area contributed by atoms with Gasteiger partial charge in [-0.15, -0.1) is 0 Å². The van der Waals surface area contributed by atoms with Crippen LogP contribution in [0.4, 0.5) is 0 Å². The largest absolute Gasteiger partial charge is 0.309 e. The second-order valence-electron chi connectivity index (χ2n) is 14.5. The molecule has 0 atom stereocenters. The molecule has 256 valence electrons. The first-order valence-corrected chi connectivity index (χ1v) is 19.0. The van der Waals surface area contributed by atoms with E-state index in [4.69, 9.17) is 0 Å². The molecule has 0 saturated carbocycles. The Balaban J connectivity index is 0.977. The van der Waals surface area contributed by atoms with Crippen LogP contribution in [-0.2, 0) is 0 Å². The average Bonchev–Trinajstić information content (AvgIpc) is 3.60. The Morgan fingerprint density at radius 1 is 0.200 bits per heavy atom. The van der Waals surface area contributed by atoms with Crippen LogP contribution in [0.5, 0.6) is 0 Å². The fraction of sp³-hybridized carbons (Fsp3) is 0. The van der Waals surface area contributed by atoms with E-state index >= 15 is 0 Å². The maximum absolute atomic E-state index is 2.41. The van der Waals surface area contributed by atoms with Gasteiger partial charge in [0.15, 0.2) is 0 Å². The van der Waals surface area contributed by atoms with Crippen molar-refractivity contribution < 1.29 is 0 Å². The van der Waals surface area contributed by atoms with Crippen LogP contribution in [0.3, 0.4) is 0 Å². The molecule has 11 aromatic rings. The highest BCUT2D eigenvalue weighted by atomic mass is 15.0. The minimum atomic E-state index is 1.15. The molecule has 0 radical (unpaired) electrons. The number of hydrogen-bond acceptors (Lipinski definition) is 0. The molecule has 0 spiro atoms. The molecular formula is C54H35N. The van der Waals surface area contributed by atoms with Crippen molar-refractivity contribution in [1.29, 1.82) is 0 Å². The van der Waals surface area contributed by atoms with Gasteiger partial charge < -0.3 is 4.57 Å². The molecule has 1 aromatic heterocycles. The lowest BCUT2D eigenvalue weighted by molar-refractivity contribution is 1.18. The molecule has 0 saturated heterocycles. The molecule has 0 aliphatic rings. The third-order valence-electron chi connectivity index (χ3n) is 11.4. The molecule has 0 unspecified atom stereocenters. The number of aromatic nitrogens is 1. The standard InChI is InChI=1S/C54H35N/c1-2-13-36(14-3-1)42-28-30-54-52(35-42)50-25-8-9-26-53(50)55(54)44-20-12-19-41(33-44)39-17-10-15-37(31-39)38-16-11-18-40(32-38)43-27-29-49-47-23-5-4-21-45(47)46-22-6-7-24-48(46)51(49)34-43/h1-35H. The van der Waals surface area contributed by atoms with Gasteiger partial charge in [-0.05, 0) is 125 Å². The summed E-state index contributed by atoms with van der Waals surface area (Å²) in [7, 11) is 0. The van der Waals surface area contributed by atoms with E-state index in [1.54, 1.807) is 0 Å². The highest BCUT2D eigenvalue weighted by Gasteiger charge is 2.15. The summed E-state index contributed by atoms with van der Waals surface area (Å²) >= 11 is 0. The first-order valence-electron chi connectivity index (χ1n) is 19.0. The van der Waals surface area contributed by atoms with E-state index in [1.807, 2.05) is 0 Å². The maximum atomic E-state index is 2.41. The highest BCUT2D eigenvalue weighted by Crippen LogP contribution is 2.39. The van der Waals surface area contributed by atoms with Crippen molar-refractivity contribution in [2.75, 3.05) is 0 Å². The maximum Gasteiger partial charge on any atom is 0.0541 e. The van der Waals surface area contributed by atoms with Crippen molar-refractivity contribution in [1.82, 2.24) is 4.57 Å². The Hall–Kier alpha value is -7.22. The average molecular weight is 698 g/mol. The second kappa shape index (κ2) is 12.7. The van der Waals surface area contributed by atoms with Gasteiger partial charge in [-0.1, -0.05) is 164 Å². The molecule has 0 amide bonds. The molecule has 55 heavy (non-hydrogen) atoms. The van der Waals surface area contributed by atoms with Gasteiger partial charge in [-0.3, -0.25) is 0 Å². The minimum Gasteiger partial charge on any atom is -0.309 e. The Bertz CT molecular complexity index is 3220. The van der Waals surface area contributed by atoms with E-state index in [-0.39, 0.29) is 0 Å². The predicted molar refractivity (Wildman–Crippen MR) is 235 cm³/mol. The lowest BCUT2D eigenvalue weighted by atomic mass is 9.91. The number of fused-ring (bicyclic) bond motifs is 9. The van der Waals surface area contributed by atoms with Gasteiger partial charge in [0.05, 0.1) is 11.0 Å². The molecule has 0 N–H and O–H groups in total. The fourth-order valence-corrected chi connectivity index (χ4v) is 8.73. The third kappa shape index (κ3) is 5.24. The molecular weight excluding hydrogens is 663 g/mol. The van der Waals surface area contributed by atoms with E-state index in [0.29, 0.717) is 0 Å². The summed E-state index contributed by atoms with van der Waals surface area (Å²) in [6.07, 6.45) is 0. The van der Waals surface area contributed by atoms with Gasteiger partial charge in [0.25, 0.3) is 0 Å². The van der Waals surface area contributed by atoms with Crippen LogP contribution in [0.2, 0.25) is 0 Å². The van der Waals surface area contributed by atoms with Crippen LogP contribution >= 0.6 is 0 Å². The lowest BCUT2D eigenvalue weighted by Gasteiger charge is -2.13. The molecule has 0 aliphatic heterocycles. The lowest BCUT2D eigenvalue weighted by Crippen LogP contribution is -1.94. The summed E-state index contributed by atoms with van der Waals surface area (Å²) < 4.78 is 2.41. The number of rotatable bonds is 5. The Morgan fingerprint density at radius 3 is 1.24 bits per heavy atom. The van der Waals surface area contributed by atoms with E-state index in [2.05, 4.69) is 217 Å². The molecule has 0 fully saturated rings. The molecule has 11 rings (SSSR count). The van der Waals surface area contributed by atoms with Crippen LogP contribution in [0.15, 0.2) is 212 Å². The normalized spacial score (nSPS) is 11.6. The highest BCUT2D eigenvalue weighted by molar-refractivity contribution is 6.25. The summed E-state index contributed by atoms with van der Waals surface area (Å²) in [4.78, 5) is 0. The smallest absolute Gasteiger partial charge is 0.0541 e. The van der Waals surface area contributed by atoms with Gasteiger partial charge in [0, 0.05) is 16.5 Å². The number of para-hydroxylation sites is 1. The van der Waals surface area contributed by atoms with E-state index in [0.717, 1.165) is 5.69 Å². The zero-order valence-electron chi connectivity index (χ0n) is 30.2. The van der Waals surface area contributed by atoms with Crippen molar-refractivity contribution in [3.63, 3.8) is 0 Å². The molecule has 1 heteroatoms. The Labute approximate surface area is 320 Å². The quantitative estimate of drug-likeness (QED) is 0.158. The number of nitrogens with zero attached hydrogens (tertiary/aromatic N) is 1. The van der Waals surface area contributed by atoms with E-state index < -0.39 is 0 Å². The first-order chi connectivity index (χ1) is 27.3.